The van der Waals surface area contributed by atoms with E-state index >= 15 is 0 Å². The quantitative estimate of drug-likeness (QED) is 0.834. The number of thiophene rings is 1. The molecule has 0 N–H and O–H groups in total. The van der Waals surface area contributed by atoms with Crippen LogP contribution >= 0.6 is 27.3 Å². The fourth-order valence-corrected chi connectivity index (χ4v) is 3.22. The Kier molecular flexibility index (Phi) is 4.55. The molecule has 0 saturated heterocycles. The molecule has 0 radical (unpaired) electrons. The van der Waals surface area contributed by atoms with Gasteiger partial charge in [-0.15, -0.1) is 11.3 Å². The summed E-state index contributed by atoms with van der Waals surface area (Å²) in [6.45, 7) is 0. The molecule has 0 saturated carbocycles. The molecule has 94 valence electrons. The summed E-state index contributed by atoms with van der Waals surface area (Å²) in [5.41, 5.74) is 0.993. The van der Waals surface area contributed by atoms with E-state index < -0.39 is 0 Å². The van der Waals surface area contributed by atoms with Crippen LogP contribution in [-0.4, -0.2) is 12.9 Å². The van der Waals surface area contributed by atoms with Crippen LogP contribution in [0.4, 0.5) is 0 Å². The average Bonchev–Trinajstić information content (AvgIpc) is 2.75. The third kappa shape index (κ3) is 3.43. The minimum Gasteiger partial charge on any atom is -0.497 e. The Morgan fingerprint density at radius 1 is 1.33 bits per heavy atom. The largest absolute Gasteiger partial charge is 0.497 e. The molecule has 2 nitrogen and oxygen atoms in total. The van der Waals surface area contributed by atoms with E-state index in [1.54, 1.807) is 18.4 Å². The summed E-state index contributed by atoms with van der Waals surface area (Å²) < 4.78 is 6.16. The van der Waals surface area contributed by atoms with Crippen LogP contribution in [0.15, 0.2) is 40.2 Å². The Balaban J connectivity index is 2.01. The lowest BCUT2D eigenvalue weighted by molar-refractivity contribution is -0.117. The van der Waals surface area contributed by atoms with E-state index in [0.29, 0.717) is 12.8 Å². The van der Waals surface area contributed by atoms with Gasteiger partial charge in [-0.25, -0.2) is 0 Å². The molecule has 0 spiro atoms. The molecular weight excluding hydrogens is 312 g/mol. The zero-order chi connectivity index (χ0) is 13.0. The highest BCUT2D eigenvalue weighted by Crippen LogP contribution is 2.23. The highest BCUT2D eigenvalue weighted by molar-refractivity contribution is 9.10. The van der Waals surface area contributed by atoms with E-state index in [4.69, 9.17) is 4.74 Å². The first-order valence-corrected chi connectivity index (χ1v) is 7.23. The Morgan fingerprint density at radius 3 is 2.83 bits per heavy atom. The lowest BCUT2D eigenvalue weighted by Crippen LogP contribution is -2.05. The Hall–Kier alpha value is -1.13. The minimum atomic E-state index is 0.214. The number of ketones is 1. The van der Waals surface area contributed by atoms with Crippen molar-refractivity contribution in [2.75, 3.05) is 7.11 Å². The molecule has 0 fully saturated rings. The number of carbonyl (C=O) groups excluding carboxylic acids is 1. The van der Waals surface area contributed by atoms with Gasteiger partial charge in [0, 0.05) is 22.2 Å². The van der Waals surface area contributed by atoms with E-state index in [0.717, 1.165) is 20.7 Å². The van der Waals surface area contributed by atoms with Gasteiger partial charge in [0.2, 0.25) is 0 Å². The van der Waals surface area contributed by atoms with E-state index in [-0.39, 0.29) is 5.78 Å². The van der Waals surface area contributed by atoms with Crippen LogP contribution < -0.4 is 4.74 Å². The van der Waals surface area contributed by atoms with Gasteiger partial charge in [-0.1, -0.05) is 12.1 Å². The van der Waals surface area contributed by atoms with Crippen molar-refractivity contribution >= 4 is 33.0 Å². The van der Waals surface area contributed by atoms with Gasteiger partial charge in [0.05, 0.1) is 7.11 Å². The first-order chi connectivity index (χ1) is 8.69. The van der Waals surface area contributed by atoms with Gasteiger partial charge in [-0.3, -0.25) is 4.79 Å². The van der Waals surface area contributed by atoms with Crippen molar-refractivity contribution in [1.29, 1.82) is 0 Å². The highest BCUT2D eigenvalue weighted by atomic mass is 79.9. The number of hydrogen-bond acceptors (Lipinski definition) is 3. The van der Waals surface area contributed by atoms with Crippen LogP contribution in [0.5, 0.6) is 5.75 Å². The maximum Gasteiger partial charge on any atom is 0.142 e. The molecule has 1 heterocycles. The van der Waals surface area contributed by atoms with Crippen LogP contribution in [0.25, 0.3) is 0 Å². The zero-order valence-electron chi connectivity index (χ0n) is 9.98. The number of carbonyl (C=O) groups is 1. The number of Topliss-reactive ketones (excluding diaryl/α,β-unsaturated/α-hetero) is 1. The van der Waals surface area contributed by atoms with Gasteiger partial charge in [0.15, 0.2) is 0 Å². The molecule has 0 unspecified atom stereocenters. The van der Waals surface area contributed by atoms with Crippen molar-refractivity contribution in [3.63, 3.8) is 0 Å². The fourth-order valence-electron chi connectivity index (χ4n) is 1.70. The average molecular weight is 325 g/mol. The van der Waals surface area contributed by atoms with Gasteiger partial charge >= 0.3 is 0 Å². The fraction of sp³-hybridized carbons (Fsp3) is 0.214. The van der Waals surface area contributed by atoms with Gasteiger partial charge in [-0.05, 0) is 45.1 Å². The highest BCUT2D eigenvalue weighted by Gasteiger charge is 2.09. The molecule has 0 amide bonds. The SMILES string of the molecule is COc1cccc(CC(=O)Cc2sccc2Br)c1. The molecule has 0 aliphatic carbocycles. The van der Waals surface area contributed by atoms with Crippen LogP contribution in [0.3, 0.4) is 0 Å². The predicted octanol–water partition coefficient (Wildman–Crippen LogP) is 3.87. The number of halogens is 1. The number of benzene rings is 1. The molecule has 1 aromatic heterocycles. The summed E-state index contributed by atoms with van der Waals surface area (Å²) in [5.74, 6) is 1.00. The molecule has 0 aliphatic rings. The molecule has 2 aromatic rings. The second kappa shape index (κ2) is 6.16. The summed E-state index contributed by atoms with van der Waals surface area (Å²) in [6, 6.07) is 9.61. The summed E-state index contributed by atoms with van der Waals surface area (Å²) in [7, 11) is 1.63. The predicted molar refractivity (Wildman–Crippen MR) is 77.4 cm³/mol. The van der Waals surface area contributed by atoms with Crippen molar-refractivity contribution in [2.45, 2.75) is 12.8 Å². The van der Waals surface area contributed by atoms with Crippen LogP contribution in [0, 0.1) is 0 Å². The summed E-state index contributed by atoms with van der Waals surface area (Å²) >= 11 is 5.04. The van der Waals surface area contributed by atoms with Crippen molar-refractivity contribution in [3.8, 4) is 5.75 Å². The molecule has 0 aliphatic heterocycles. The van der Waals surface area contributed by atoms with Gasteiger partial charge in [0.1, 0.15) is 11.5 Å². The van der Waals surface area contributed by atoms with Crippen LogP contribution in [0.1, 0.15) is 10.4 Å². The second-order valence-corrected chi connectivity index (χ2v) is 5.79. The Morgan fingerprint density at radius 2 is 2.17 bits per heavy atom. The summed E-state index contributed by atoms with van der Waals surface area (Å²) in [6.07, 6.45) is 0.928. The number of methoxy groups -OCH3 is 1. The third-order valence-corrected chi connectivity index (χ3v) is 4.51. The van der Waals surface area contributed by atoms with E-state index in [1.807, 2.05) is 35.7 Å². The lowest BCUT2D eigenvalue weighted by Gasteiger charge is -2.04. The first kappa shape index (κ1) is 13.3. The van der Waals surface area contributed by atoms with E-state index in [1.165, 1.54) is 0 Å². The molecule has 18 heavy (non-hydrogen) atoms. The van der Waals surface area contributed by atoms with Crippen molar-refractivity contribution in [2.24, 2.45) is 0 Å². The lowest BCUT2D eigenvalue weighted by atomic mass is 10.1. The normalized spacial score (nSPS) is 10.3. The smallest absolute Gasteiger partial charge is 0.142 e. The standard InChI is InChI=1S/C14H13BrO2S/c1-17-12-4-2-3-10(8-12)7-11(16)9-14-13(15)5-6-18-14/h2-6,8H,7,9H2,1H3. The maximum atomic E-state index is 12.0. The number of hydrogen-bond donors (Lipinski definition) is 0. The van der Waals surface area contributed by atoms with Gasteiger partial charge in [0.25, 0.3) is 0 Å². The van der Waals surface area contributed by atoms with Gasteiger partial charge < -0.3 is 4.74 Å². The van der Waals surface area contributed by atoms with Crippen LogP contribution in [-0.2, 0) is 17.6 Å². The molecule has 4 heteroatoms. The van der Waals surface area contributed by atoms with Crippen molar-refractivity contribution in [1.82, 2.24) is 0 Å². The number of rotatable bonds is 5. The molecule has 1 aromatic carbocycles. The maximum absolute atomic E-state index is 12.0. The second-order valence-electron chi connectivity index (χ2n) is 3.94. The molecule has 2 rings (SSSR count). The first-order valence-electron chi connectivity index (χ1n) is 5.55. The zero-order valence-corrected chi connectivity index (χ0v) is 12.4. The van der Waals surface area contributed by atoms with Gasteiger partial charge in [-0.2, -0.15) is 0 Å². The van der Waals surface area contributed by atoms with E-state index in [2.05, 4.69) is 15.9 Å². The van der Waals surface area contributed by atoms with Crippen molar-refractivity contribution in [3.05, 3.63) is 50.6 Å². The summed E-state index contributed by atoms with van der Waals surface area (Å²) in [5, 5.41) is 1.98. The van der Waals surface area contributed by atoms with Crippen LogP contribution in [0.2, 0.25) is 0 Å². The Bertz CT molecular complexity index is 548. The third-order valence-electron chi connectivity index (χ3n) is 2.58. The monoisotopic (exact) mass is 324 g/mol. The van der Waals surface area contributed by atoms with Crippen molar-refractivity contribution < 1.29 is 9.53 Å². The minimum absolute atomic E-state index is 0.214. The Labute approximate surface area is 119 Å². The number of ether oxygens (including phenoxy) is 1. The molecule has 0 atom stereocenters. The van der Waals surface area contributed by atoms with E-state index in [9.17, 15) is 4.79 Å². The molecule has 0 bridgehead atoms. The molecular formula is C14H13BrO2S. The topological polar surface area (TPSA) is 26.3 Å². The summed E-state index contributed by atoms with van der Waals surface area (Å²) in [4.78, 5) is 13.1.